The standard InChI is InChI=1S/C30H52O3/c1-25(2)13-9-14-30(8,33-25)19-10-16-29(7)24(19)20(31)18-22-27(5)15-12-23(32)26(3,4)21(27)11-17-28(22,29)6/h19-24,31-32H,9-18H2,1-8H3/t19-,20-,21-,22-,23+,24-,27-,28+,29+,30-/m0/s1. The van der Waals surface area contributed by atoms with Gasteiger partial charge >= 0.3 is 0 Å². The Morgan fingerprint density at radius 2 is 1.36 bits per heavy atom. The monoisotopic (exact) mass is 460 g/mol. The summed E-state index contributed by atoms with van der Waals surface area (Å²) in [5, 5.41) is 22.8. The number of ether oxygens (including phenoxy) is 1. The molecule has 33 heavy (non-hydrogen) atoms. The van der Waals surface area contributed by atoms with Crippen molar-refractivity contribution in [2.75, 3.05) is 0 Å². The van der Waals surface area contributed by atoms with E-state index in [-0.39, 0.29) is 45.1 Å². The smallest absolute Gasteiger partial charge is 0.0693 e. The number of aliphatic hydroxyl groups excluding tert-OH is 2. The van der Waals surface area contributed by atoms with E-state index >= 15 is 0 Å². The predicted octanol–water partition coefficient (Wildman–Crippen LogP) is 6.74. The predicted molar refractivity (Wildman–Crippen MR) is 134 cm³/mol. The first-order valence-corrected chi connectivity index (χ1v) is 14.2. The summed E-state index contributed by atoms with van der Waals surface area (Å²) in [6.07, 6.45) is 10.9. The van der Waals surface area contributed by atoms with Gasteiger partial charge in [0, 0.05) is 0 Å². The first-order valence-electron chi connectivity index (χ1n) is 14.2. The summed E-state index contributed by atoms with van der Waals surface area (Å²) >= 11 is 0. The molecule has 3 heteroatoms. The van der Waals surface area contributed by atoms with Crippen LogP contribution in [0.25, 0.3) is 0 Å². The molecule has 1 heterocycles. The van der Waals surface area contributed by atoms with Crippen molar-refractivity contribution in [2.45, 2.75) is 143 Å². The molecule has 0 amide bonds. The van der Waals surface area contributed by atoms with Crippen molar-refractivity contribution in [3.63, 3.8) is 0 Å². The zero-order valence-electron chi connectivity index (χ0n) is 22.8. The van der Waals surface area contributed by atoms with E-state index in [9.17, 15) is 10.2 Å². The molecule has 10 atom stereocenters. The van der Waals surface area contributed by atoms with Gasteiger partial charge in [-0.2, -0.15) is 0 Å². The third-order valence-corrected chi connectivity index (χ3v) is 13.1. The summed E-state index contributed by atoms with van der Waals surface area (Å²) < 4.78 is 6.86. The first-order chi connectivity index (χ1) is 15.1. The van der Waals surface area contributed by atoms with Gasteiger partial charge in [0.1, 0.15) is 0 Å². The third kappa shape index (κ3) is 3.16. The van der Waals surface area contributed by atoms with Gasteiger partial charge in [-0.15, -0.1) is 0 Å². The molecule has 0 radical (unpaired) electrons. The van der Waals surface area contributed by atoms with Crippen LogP contribution in [0, 0.1) is 45.3 Å². The van der Waals surface area contributed by atoms with Gasteiger partial charge in [0.05, 0.1) is 23.4 Å². The summed E-state index contributed by atoms with van der Waals surface area (Å²) in [7, 11) is 0. The van der Waals surface area contributed by atoms with Crippen molar-refractivity contribution < 1.29 is 14.9 Å². The van der Waals surface area contributed by atoms with Crippen molar-refractivity contribution in [3.8, 4) is 0 Å². The van der Waals surface area contributed by atoms with Crippen molar-refractivity contribution in [1.29, 1.82) is 0 Å². The molecular weight excluding hydrogens is 408 g/mol. The van der Waals surface area contributed by atoms with Crippen molar-refractivity contribution in [2.24, 2.45) is 45.3 Å². The summed E-state index contributed by atoms with van der Waals surface area (Å²) in [4.78, 5) is 0. The van der Waals surface area contributed by atoms with E-state index in [0.29, 0.717) is 23.7 Å². The Bertz CT molecular complexity index is 789. The molecule has 0 spiro atoms. The van der Waals surface area contributed by atoms with Crippen molar-refractivity contribution in [1.82, 2.24) is 0 Å². The fraction of sp³-hybridized carbons (Fsp3) is 1.00. The lowest BCUT2D eigenvalue weighted by atomic mass is 9.35. The van der Waals surface area contributed by atoms with E-state index in [1.54, 1.807) is 0 Å². The maximum absolute atomic E-state index is 11.9. The molecule has 0 aromatic carbocycles. The lowest BCUT2D eigenvalue weighted by Crippen LogP contribution is -2.66. The second-order valence-electron chi connectivity index (χ2n) is 15.4. The average molecular weight is 461 g/mol. The Hall–Kier alpha value is -0.120. The molecule has 1 saturated heterocycles. The van der Waals surface area contributed by atoms with E-state index in [2.05, 4.69) is 55.4 Å². The molecule has 190 valence electrons. The highest BCUT2D eigenvalue weighted by atomic mass is 16.5. The highest BCUT2D eigenvalue weighted by Gasteiger charge is 2.71. The van der Waals surface area contributed by atoms with Gasteiger partial charge in [0.2, 0.25) is 0 Å². The summed E-state index contributed by atoms with van der Waals surface area (Å²) in [6, 6.07) is 0. The van der Waals surface area contributed by atoms with E-state index in [0.717, 1.165) is 32.1 Å². The molecule has 5 fully saturated rings. The van der Waals surface area contributed by atoms with Gasteiger partial charge in [-0.3, -0.25) is 0 Å². The van der Waals surface area contributed by atoms with Gasteiger partial charge in [0.15, 0.2) is 0 Å². The Morgan fingerprint density at radius 1 is 0.697 bits per heavy atom. The molecule has 2 N–H and O–H groups in total. The van der Waals surface area contributed by atoms with E-state index in [1.165, 1.54) is 32.1 Å². The minimum Gasteiger partial charge on any atom is -0.393 e. The van der Waals surface area contributed by atoms with Gasteiger partial charge in [-0.05, 0) is 130 Å². The molecule has 0 aromatic rings. The van der Waals surface area contributed by atoms with Crippen LogP contribution in [0.5, 0.6) is 0 Å². The first kappa shape index (κ1) is 24.6. The lowest BCUT2D eigenvalue weighted by molar-refractivity contribution is -0.257. The van der Waals surface area contributed by atoms with Crippen LogP contribution in [0.3, 0.4) is 0 Å². The van der Waals surface area contributed by atoms with Crippen LogP contribution in [0.15, 0.2) is 0 Å². The molecule has 4 aliphatic carbocycles. The zero-order chi connectivity index (χ0) is 24.2. The van der Waals surface area contributed by atoms with Crippen LogP contribution in [-0.2, 0) is 4.74 Å². The number of rotatable bonds is 1. The van der Waals surface area contributed by atoms with E-state index < -0.39 is 0 Å². The quantitative estimate of drug-likeness (QED) is 0.455. The molecule has 0 bridgehead atoms. The van der Waals surface area contributed by atoms with Gasteiger partial charge in [-0.25, -0.2) is 0 Å². The van der Waals surface area contributed by atoms with E-state index in [1.807, 2.05) is 0 Å². The minimum absolute atomic E-state index is 0.0375. The largest absolute Gasteiger partial charge is 0.393 e. The Balaban J connectivity index is 1.51. The number of hydrogen-bond acceptors (Lipinski definition) is 3. The molecular formula is C30H52O3. The highest BCUT2D eigenvalue weighted by molar-refractivity contribution is 5.20. The normalized spacial score (nSPS) is 57.6. The highest BCUT2D eigenvalue weighted by Crippen LogP contribution is 2.76. The lowest BCUT2D eigenvalue weighted by Gasteiger charge is -2.70. The van der Waals surface area contributed by atoms with Crippen LogP contribution < -0.4 is 0 Å². The van der Waals surface area contributed by atoms with Gasteiger partial charge in [-0.1, -0.05) is 34.6 Å². The van der Waals surface area contributed by atoms with Crippen molar-refractivity contribution in [3.05, 3.63) is 0 Å². The maximum atomic E-state index is 11.9. The summed E-state index contributed by atoms with van der Waals surface area (Å²) in [6.45, 7) is 19.2. The SMILES string of the molecule is CC1(C)CCC[C@@](C)([C@H]2CC[C@]3(C)[C@@H]2[C@@H](O)C[C@H]2[C@@]4(C)CC[C@@H](O)C(C)(C)[C@@H]4CC[C@]23C)O1. The number of hydrogen-bond donors (Lipinski definition) is 2. The molecule has 5 aliphatic rings. The number of fused-ring (bicyclic) bond motifs is 5. The molecule has 5 rings (SSSR count). The van der Waals surface area contributed by atoms with Crippen LogP contribution in [0.1, 0.15) is 120 Å². The minimum atomic E-state index is -0.239. The average Bonchev–Trinajstić information content (AvgIpc) is 3.07. The molecule has 0 unspecified atom stereocenters. The van der Waals surface area contributed by atoms with Crippen LogP contribution >= 0.6 is 0 Å². The third-order valence-electron chi connectivity index (χ3n) is 13.1. The van der Waals surface area contributed by atoms with Crippen molar-refractivity contribution >= 4 is 0 Å². The topological polar surface area (TPSA) is 49.7 Å². The van der Waals surface area contributed by atoms with Crippen LogP contribution in [0.2, 0.25) is 0 Å². The zero-order valence-corrected chi connectivity index (χ0v) is 22.8. The molecule has 0 aromatic heterocycles. The van der Waals surface area contributed by atoms with Gasteiger partial charge < -0.3 is 14.9 Å². The second-order valence-corrected chi connectivity index (χ2v) is 15.4. The fourth-order valence-corrected chi connectivity index (χ4v) is 11.3. The van der Waals surface area contributed by atoms with Crippen LogP contribution in [-0.4, -0.2) is 33.6 Å². The Kier molecular flexibility index (Phi) is 5.38. The Labute approximate surface area is 203 Å². The second kappa shape index (κ2) is 7.22. The summed E-state index contributed by atoms with van der Waals surface area (Å²) in [5.74, 6) is 1.85. The van der Waals surface area contributed by atoms with E-state index in [4.69, 9.17) is 4.74 Å². The molecule has 4 saturated carbocycles. The van der Waals surface area contributed by atoms with Crippen LogP contribution in [0.4, 0.5) is 0 Å². The molecule has 1 aliphatic heterocycles. The fourth-order valence-electron chi connectivity index (χ4n) is 11.3. The van der Waals surface area contributed by atoms with Gasteiger partial charge in [0.25, 0.3) is 0 Å². The summed E-state index contributed by atoms with van der Waals surface area (Å²) in [5.41, 5.74) is 0.392. The maximum Gasteiger partial charge on any atom is 0.0693 e. The molecule has 3 nitrogen and oxygen atoms in total. The Morgan fingerprint density at radius 3 is 2.03 bits per heavy atom. The number of aliphatic hydroxyl groups is 2.